The summed E-state index contributed by atoms with van der Waals surface area (Å²) in [5, 5.41) is 0. The third kappa shape index (κ3) is 3.48. The van der Waals surface area contributed by atoms with Gasteiger partial charge in [-0.3, -0.25) is 4.79 Å². The first-order valence-corrected chi connectivity index (χ1v) is 6.52. The van der Waals surface area contributed by atoms with Crippen LogP contribution in [0.2, 0.25) is 0 Å². The monoisotopic (exact) mass is 226 g/mol. The van der Waals surface area contributed by atoms with Crippen molar-refractivity contribution >= 4 is 5.91 Å². The third-order valence-corrected chi connectivity index (χ3v) is 3.75. The van der Waals surface area contributed by atoms with Crippen molar-refractivity contribution in [1.82, 2.24) is 4.90 Å². The lowest BCUT2D eigenvalue weighted by Gasteiger charge is -2.29. The van der Waals surface area contributed by atoms with E-state index in [9.17, 15) is 4.79 Å². The minimum atomic E-state index is 0.291. The fourth-order valence-electron chi connectivity index (χ4n) is 2.58. The number of nitrogens with two attached hydrogens (primary N) is 1. The van der Waals surface area contributed by atoms with Crippen molar-refractivity contribution < 1.29 is 4.79 Å². The Morgan fingerprint density at radius 2 is 2.12 bits per heavy atom. The van der Waals surface area contributed by atoms with Crippen LogP contribution in [-0.2, 0) is 4.79 Å². The van der Waals surface area contributed by atoms with Gasteiger partial charge < -0.3 is 10.6 Å². The molecule has 0 heterocycles. The topological polar surface area (TPSA) is 46.3 Å². The number of nitrogens with zero attached hydrogens (tertiary/aromatic N) is 1. The van der Waals surface area contributed by atoms with Gasteiger partial charge in [0.05, 0.1) is 0 Å². The molecule has 1 aliphatic rings. The SMILES string of the molecule is CC(C)CCC(=O)N(C)C1CCCC1CN. The van der Waals surface area contributed by atoms with E-state index in [0.29, 0.717) is 36.8 Å². The van der Waals surface area contributed by atoms with Gasteiger partial charge in [-0.15, -0.1) is 0 Å². The average molecular weight is 226 g/mol. The van der Waals surface area contributed by atoms with Crippen LogP contribution >= 0.6 is 0 Å². The number of hydrogen-bond acceptors (Lipinski definition) is 2. The Hall–Kier alpha value is -0.570. The van der Waals surface area contributed by atoms with Gasteiger partial charge in [-0.2, -0.15) is 0 Å². The van der Waals surface area contributed by atoms with E-state index < -0.39 is 0 Å². The molecule has 3 nitrogen and oxygen atoms in total. The van der Waals surface area contributed by atoms with Crippen LogP contribution in [0.4, 0.5) is 0 Å². The quantitative estimate of drug-likeness (QED) is 0.779. The molecule has 0 aromatic heterocycles. The van der Waals surface area contributed by atoms with Crippen molar-refractivity contribution in [3.05, 3.63) is 0 Å². The van der Waals surface area contributed by atoms with Crippen LogP contribution in [-0.4, -0.2) is 30.4 Å². The number of rotatable bonds is 5. The van der Waals surface area contributed by atoms with E-state index in [1.165, 1.54) is 12.8 Å². The average Bonchev–Trinajstić information content (AvgIpc) is 2.72. The van der Waals surface area contributed by atoms with E-state index in [2.05, 4.69) is 13.8 Å². The summed E-state index contributed by atoms with van der Waals surface area (Å²) in [5.74, 6) is 1.42. The molecule has 2 unspecified atom stereocenters. The third-order valence-electron chi connectivity index (χ3n) is 3.75. The molecule has 2 N–H and O–H groups in total. The van der Waals surface area contributed by atoms with Crippen molar-refractivity contribution in [3.63, 3.8) is 0 Å². The molecule has 2 atom stereocenters. The summed E-state index contributed by atoms with van der Waals surface area (Å²) in [6, 6.07) is 0.393. The van der Waals surface area contributed by atoms with Crippen LogP contribution in [0.1, 0.15) is 46.0 Å². The van der Waals surface area contributed by atoms with Crippen molar-refractivity contribution in [2.24, 2.45) is 17.6 Å². The Labute approximate surface area is 99.4 Å². The van der Waals surface area contributed by atoms with Gasteiger partial charge in [-0.25, -0.2) is 0 Å². The highest BCUT2D eigenvalue weighted by Crippen LogP contribution is 2.29. The van der Waals surface area contributed by atoms with E-state index in [-0.39, 0.29) is 0 Å². The first kappa shape index (κ1) is 13.5. The summed E-state index contributed by atoms with van der Waals surface area (Å²) in [4.78, 5) is 13.9. The first-order chi connectivity index (χ1) is 7.56. The summed E-state index contributed by atoms with van der Waals surface area (Å²) in [6.45, 7) is 5.03. The lowest BCUT2D eigenvalue weighted by atomic mass is 10.0. The van der Waals surface area contributed by atoms with Crippen molar-refractivity contribution in [2.75, 3.05) is 13.6 Å². The molecule has 1 saturated carbocycles. The van der Waals surface area contributed by atoms with Crippen molar-refractivity contribution in [3.8, 4) is 0 Å². The number of carbonyl (C=O) groups is 1. The number of hydrogen-bond donors (Lipinski definition) is 1. The Morgan fingerprint density at radius 3 is 2.69 bits per heavy atom. The fraction of sp³-hybridized carbons (Fsp3) is 0.923. The lowest BCUT2D eigenvalue weighted by molar-refractivity contribution is -0.132. The predicted octanol–water partition coefficient (Wildman–Crippen LogP) is 2.01. The Morgan fingerprint density at radius 1 is 1.44 bits per heavy atom. The standard InChI is InChI=1S/C13H26N2O/c1-10(2)7-8-13(16)15(3)12-6-4-5-11(12)9-14/h10-12H,4-9,14H2,1-3H3. The summed E-state index contributed by atoms with van der Waals surface area (Å²) in [7, 11) is 1.95. The second-order valence-corrected chi connectivity index (χ2v) is 5.43. The molecule has 1 amide bonds. The van der Waals surface area contributed by atoms with Crippen LogP contribution in [0.25, 0.3) is 0 Å². The van der Waals surface area contributed by atoms with E-state index >= 15 is 0 Å². The predicted molar refractivity (Wildman–Crippen MR) is 67.0 cm³/mol. The Balaban J connectivity index is 2.43. The molecular weight excluding hydrogens is 200 g/mol. The number of amides is 1. The molecule has 0 radical (unpaired) electrons. The molecule has 0 saturated heterocycles. The van der Waals surface area contributed by atoms with Crippen molar-refractivity contribution in [2.45, 2.75) is 52.0 Å². The second kappa shape index (κ2) is 6.24. The second-order valence-electron chi connectivity index (χ2n) is 5.43. The zero-order chi connectivity index (χ0) is 12.1. The molecule has 0 spiro atoms. The van der Waals surface area contributed by atoms with E-state index in [1.54, 1.807) is 0 Å². The molecule has 0 aromatic carbocycles. The maximum absolute atomic E-state index is 12.0. The van der Waals surface area contributed by atoms with Crippen LogP contribution < -0.4 is 5.73 Å². The van der Waals surface area contributed by atoms with Crippen LogP contribution in [0.15, 0.2) is 0 Å². The molecule has 16 heavy (non-hydrogen) atoms. The van der Waals surface area contributed by atoms with Gasteiger partial charge in [0.15, 0.2) is 0 Å². The Kier molecular flexibility index (Phi) is 5.26. The van der Waals surface area contributed by atoms with E-state index in [1.807, 2.05) is 11.9 Å². The van der Waals surface area contributed by atoms with E-state index in [4.69, 9.17) is 5.73 Å². The molecule has 1 rings (SSSR count). The Bertz CT molecular complexity index is 228. The van der Waals surface area contributed by atoms with Crippen LogP contribution in [0.5, 0.6) is 0 Å². The largest absolute Gasteiger partial charge is 0.342 e. The summed E-state index contributed by atoms with van der Waals surface area (Å²) in [6.07, 6.45) is 5.20. The smallest absolute Gasteiger partial charge is 0.222 e. The molecule has 0 aliphatic heterocycles. The number of carbonyl (C=O) groups excluding carboxylic acids is 1. The molecule has 1 fully saturated rings. The van der Waals surface area contributed by atoms with Gasteiger partial charge in [0.25, 0.3) is 0 Å². The zero-order valence-corrected chi connectivity index (χ0v) is 10.9. The van der Waals surface area contributed by atoms with Gasteiger partial charge in [-0.05, 0) is 37.6 Å². The first-order valence-electron chi connectivity index (χ1n) is 6.52. The van der Waals surface area contributed by atoms with Crippen molar-refractivity contribution in [1.29, 1.82) is 0 Å². The highest BCUT2D eigenvalue weighted by molar-refractivity contribution is 5.76. The van der Waals surface area contributed by atoms with Gasteiger partial charge >= 0.3 is 0 Å². The van der Waals surface area contributed by atoms with Crippen LogP contribution in [0, 0.1) is 11.8 Å². The van der Waals surface area contributed by atoms with Gasteiger partial charge in [-0.1, -0.05) is 20.3 Å². The highest BCUT2D eigenvalue weighted by atomic mass is 16.2. The molecule has 94 valence electrons. The maximum atomic E-state index is 12.0. The normalized spacial score (nSPS) is 25.1. The molecule has 0 bridgehead atoms. The minimum Gasteiger partial charge on any atom is -0.342 e. The van der Waals surface area contributed by atoms with Crippen LogP contribution in [0.3, 0.4) is 0 Å². The van der Waals surface area contributed by atoms with Gasteiger partial charge in [0, 0.05) is 19.5 Å². The van der Waals surface area contributed by atoms with Gasteiger partial charge in [0.2, 0.25) is 5.91 Å². The summed E-state index contributed by atoms with van der Waals surface area (Å²) in [5.41, 5.74) is 5.75. The summed E-state index contributed by atoms with van der Waals surface area (Å²) < 4.78 is 0. The molecule has 3 heteroatoms. The fourth-order valence-corrected chi connectivity index (χ4v) is 2.58. The molecular formula is C13H26N2O. The maximum Gasteiger partial charge on any atom is 0.222 e. The lowest BCUT2D eigenvalue weighted by Crippen LogP contribution is -2.41. The van der Waals surface area contributed by atoms with Gasteiger partial charge in [0.1, 0.15) is 0 Å². The zero-order valence-electron chi connectivity index (χ0n) is 10.9. The molecule has 0 aromatic rings. The summed E-state index contributed by atoms with van der Waals surface area (Å²) >= 11 is 0. The molecule has 1 aliphatic carbocycles. The minimum absolute atomic E-state index is 0.291. The highest BCUT2D eigenvalue weighted by Gasteiger charge is 2.31. The van der Waals surface area contributed by atoms with E-state index in [0.717, 1.165) is 12.8 Å².